The average Bonchev–Trinajstić information content (AvgIpc) is 2.69. The third kappa shape index (κ3) is 2.56. The van der Waals surface area contributed by atoms with Gasteiger partial charge in [0.1, 0.15) is 11.8 Å². The molecule has 8 heteroatoms. The largest absolute Gasteiger partial charge is 0.482 e. The van der Waals surface area contributed by atoms with Crippen LogP contribution in [0.5, 0.6) is 5.75 Å². The van der Waals surface area contributed by atoms with E-state index in [0.29, 0.717) is 15.6 Å². The summed E-state index contributed by atoms with van der Waals surface area (Å²) in [7, 11) is 0. The van der Waals surface area contributed by atoms with Crippen LogP contribution in [-0.2, 0) is 0 Å². The number of nitrogens with zero attached hydrogens (tertiary/aromatic N) is 3. The predicted octanol–water partition coefficient (Wildman–Crippen LogP) is 2.91. The predicted molar refractivity (Wildman–Crippen MR) is 59.2 cm³/mol. The third-order valence-electron chi connectivity index (χ3n) is 2.06. The second kappa shape index (κ2) is 4.49. The van der Waals surface area contributed by atoms with Gasteiger partial charge in [-0.2, -0.15) is 23.5 Å². The van der Waals surface area contributed by atoms with Crippen molar-refractivity contribution in [2.75, 3.05) is 6.61 Å². The lowest BCUT2D eigenvalue weighted by Crippen LogP contribution is -2.19. The van der Waals surface area contributed by atoms with Crippen molar-refractivity contribution >= 4 is 21.4 Å². The van der Waals surface area contributed by atoms with Crippen molar-refractivity contribution in [2.45, 2.75) is 6.18 Å². The van der Waals surface area contributed by atoms with Gasteiger partial charge in [-0.05, 0) is 22.0 Å². The maximum atomic E-state index is 12.0. The minimum absolute atomic E-state index is 0.0132. The highest BCUT2D eigenvalue weighted by Crippen LogP contribution is 2.27. The van der Waals surface area contributed by atoms with Gasteiger partial charge in [-0.1, -0.05) is 0 Å². The Balaban J connectivity index is 2.36. The molecule has 0 aliphatic heterocycles. The van der Waals surface area contributed by atoms with Crippen LogP contribution in [0.15, 0.2) is 22.9 Å². The lowest BCUT2D eigenvalue weighted by Gasteiger charge is -2.09. The van der Waals surface area contributed by atoms with Gasteiger partial charge in [0.25, 0.3) is 0 Å². The number of pyridine rings is 1. The average molecular weight is 320 g/mol. The third-order valence-corrected chi connectivity index (χ3v) is 2.67. The number of aromatic nitrogens is 2. The summed E-state index contributed by atoms with van der Waals surface area (Å²) in [4.78, 5) is 0. The van der Waals surface area contributed by atoms with E-state index in [-0.39, 0.29) is 5.75 Å². The Morgan fingerprint density at radius 2 is 2.22 bits per heavy atom. The number of fused-ring (bicyclic) bond motifs is 1. The molecule has 0 radical (unpaired) electrons. The summed E-state index contributed by atoms with van der Waals surface area (Å²) in [6, 6.07) is 3.30. The maximum Gasteiger partial charge on any atom is 0.422 e. The molecule has 0 saturated heterocycles. The lowest BCUT2D eigenvalue weighted by atomic mass is 10.3. The Kier molecular flexibility index (Phi) is 3.17. The summed E-state index contributed by atoms with van der Waals surface area (Å²) in [5.74, 6) is 0.0132. The van der Waals surface area contributed by atoms with Crippen molar-refractivity contribution in [1.29, 1.82) is 5.26 Å². The van der Waals surface area contributed by atoms with Gasteiger partial charge in [0.05, 0.1) is 23.5 Å². The quantitative estimate of drug-likeness (QED) is 0.855. The highest BCUT2D eigenvalue weighted by Gasteiger charge is 2.28. The van der Waals surface area contributed by atoms with E-state index in [0.717, 1.165) is 0 Å². The van der Waals surface area contributed by atoms with Gasteiger partial charge in [-0.25, -0.2) is 4.52 Å². The van der Waals surface area contributed by atoms with Crippen LogP contribution in [0, 0.1) is 11.3 Å². The first kappa shape index (κ1) is 12.7. The zero-order valence-electron chi connectivity index (χ0n) is 8.70. The highest BCUT2D eigenvalue weighted by molar-refractivity contribution is 9.10. The van der Waals surface area contributed by atoms with Crippen LogP contribution < -0.4 is 4.74 Å². The van der Waals surface area contributed by atoms with Gasteiger partial charge in [-0.15, -0.1) is 0 Å². The second-order valence-corrected chi connectivity index (χ2v) is 4.25. The number of nitriles is 1. The molecule has 0 aromatic carbocycles. The first-order valence-electron chi connectivity index (χ1n) is 4.67. The maximum absolute atomic E-state index is 12.0. The first-order chi connectivity index (χ1) is 8.40. The molecule has 2 aromatic heterocycles. The number of ether oxygens (including phenoxy) is 1. The van der Waals surface area contributed by atoms with Gasteiger partial charge in [-0.3, -0.25) is 0 Å². The highest BCUT2D eigenvalue weighted by atomic mass is 79.9. The topological polar surface area (TPSA) is 50.3 Å². The molecular formula is C10H5BrF3N3O. The zero-order chi connectivity index (χ0) is 13.3. The van der Waals surface area contributed by atoms with Crippen LogP contribution >= 0.6 is 15.9 Å². The minimum atomic E-state index is -4.40. The number of rotatable bonds is 2. The molecule has 0 N–H and O–H groups in total. The molecule has 0 saturated carbocycles. The van der Waals surface area contributed by atoms with Crippen molar-refractivity contribution in [3.8, 4) is 11.8 Å². The van der Waals surface area contributed by atoms with E-state index in [1.54, 1.807) is 0 Å². The zero-order valence-corrected chi connectivity index (χ0v) is 10.3. The number of alkyl halides is 3. The number of hydrogen-bond acceptors (Lipinski definition) is 3. The van der Waals surface area contributed by atoms with Gasteiger partial charge in [0.15, 0.2) is 6.61 Å². The van der Waals surface area contributed by atoms with Crippen LogP contribution in [0.25, 0.3) is 5.52 Å². The molecule has 0 aliphatic rings. The van der Waals surface area contributed by atoms with E-state index in [1.807, 2.05) is 6.07 Å². The molecule has 2 heterocycles. The number of halogens is 4. The summed E-state index contributed by atoms with van der Waals surface area (Å²) in [5, 5.41) is 12.7. The van der Waals surface area contributed by atoms with E-state index < -0.39 is 12.8 Å². The summed E-state index contributed by atoms with van der Waals surface area (Å²) in [5.41, 5.74) is 0.807. The Morgan fingerprint density at radius 3 is 2.83 bits per heavy atom. The van der Waals surface area contributed by atoms with Crippen molar-refractivity contribution in [3.05, 3.63) is 28.5 Å². The Hall–Kier alpha value is -1.75. The molecule has 0 amide bonds. The van der Waals surface area contributed by atoms with Crippen LogP contribution in [0.3, 0.4) is 0 Å². The smallest absolute Gasteiger partial charge is 0.422 e. The fourth-order valence-corrected chi connectivity index (χ4v) is 2.00. The number of hydrogen-bond donors (Lipinski definition) is 0. The van der Waals surface area contributed by atoms with Crippen molar-refractivity contribution < 1.29 is 17.9 Å². The van der Waals surface area contributed by atoms with E-state index in [1.165, 1.54) is 23.0 Å². The summed E-state index contributed by atoms with van der Waals surface area (Å²) >= 11 is 3.17. The normalized spacial score (nSPS) is 11.5. The van der Waals surface area contributed by atoms with E-state index >= 15 is 0 Å². The molecule has 0 fully saturated rings. The fraction of sp³-hybridized carbons (Fsp3) is 0.200. The molecule has 94 valence electrons. The summed E-state index contributed by atoms with van der Waals surface area (Å²) in [6.45, 7) is -1.38. The summed E-state index contributed by atoms with van der Waals surface area (Å²) < 4.78 is 42.4. The van der Waals surface area contributed by atoms with Crippen molar-refractivity contribution in [2.24, 2.45) is 0 Å². The van der Waals surface area contributed by atoms with Gasteiger partial charge in [0.2, 0.25) is 0 Å². The van der Waals surface area contributed by atoms with Crippen LogP contribution in [0.1, 0.15) is 5.56 Å². The Bertz CT molecular complexity index is 630. The molecule has 18 heavy (non-hydrogen) atoms. The molecule has 0 bridgehead atoms. The van der Waals surface area contributed by atoms with E-state index in [9.17, 15) is 13.2 Å². The lowest BCUT2D eigenvalue weighted by molar-refractivity contribution is -0.153. The molecule has 2 rings (SSSR count). The standard InChI is InChI=1S/C10H5BrF3N3O/c11-8-1-7(18-5-10(12,13)14)4-17-9(8)6(2-15)3-16-17/h1,3-4H,5H2. The van der Waals surface area contributed by atoms with Gasteiger partial charge >= 0.3 is 6.18 Å². The molecule has 4 nitrogen and oxygen atoms in total. The van der Waals surface area contributed by atoms with Crippen molar-refractivity contribution in [1.82, 2.24) is 9.61 Å². The van der Waals surface area contributed by atoms with E-state index in [2.05, 4.69) is 25.8 Å². The molecule has 0 spiro atoms. The Morgan fingerprint density at radius 1 is 1.50 bits per heavy atom. The van der Waals surface area contributed by atoms with Gasteiger partial charge in [0, 0.05) is 4.47 Å². The van der Waals surface area contributed by atoms with Gasteiger partial charge < -0.3 is 4.74 Å². The van der Waals surface area contributed by atoms with Crippen molar-refractivity contribution in [3.63, 3.8) is 0 Å². The second-order valence-electron chi connectivity index (χ2n) is 3.39. The molecule has 2 aromatic rings. The Labute approximate surface area is 108 Å². The molecule has 0 atom stereocenters. The minimum Gasteiger partial charge on any atom is -0.482 e. The summed E-state index contributed by atoms with van der Waals surface area (Å²) in [6.07, 6.45) is -1.79. The van der Waals surface area contributed by atoms with Crippen LogP contribution in [0.2, 0.25) is 0 Å². The molecule has 0 aliphatic carbocycles. The molecule has 0 unspecified atom stereocenters. The van der Waals surface area contributed by atoms with E-state index in [4.69, 9.17) is 5.26 Å². The monoisotopic (exact) mass is 319 g/mol. The molecular weight excluding hydrogens is 315 g/mol. The SMILES string of the molecule is N#Cc1cnn2cc(OCC(F)(F)F)cc(Br)c12. The van der Waals surface area contributed by atoms with Crippen LogP contribution in [-0.4, -0.2) is 22.4 Å². The first-order valence-corrected chi connectivity index (χ1v) is 5.46. The fourth-order valence-electron chi connectivity index (χ4n) is 1.38. The van der Waals surface area contributed by atoms with Crippen LogP contribution in [0.4, 0.5) is 13.2 Å².